The molecule has 0 bridgehead atoms. The minimum atomic E-state index is 0.118. The van der Waals surface area contributed by atoms with Gasteiger partial charge in [0.2, 0.25) is 0 Å². The van der Waals surface area contributed by atoms with Gasteiger partial charge >= 0.3 is 0 Å². The number of benzene rings is 1. The number of hydrogen-bond donors (Lipinski definition) is 1. The van der Waals surface area contributed by atoms with Crippen LogP contribution in [0.25, 0.3) is 0 Å². The Labute approximate surface area is 111 Å². The summed E-state index contributed by atoms with van der Waals surface area (Å²) in [4.78, 5) is 0. The van der Waals surface area contributed by atoms with Crippen molar-refractivity contribution in [2.75, 3.05) is 13.7 Å². The third-order valence-electron chi connectivity index (χ3n) is 3.39. The van der Waals surface area contributed by atoms with E-state index >= 15 is 0 Å². The summed E-state index contributed by atoms with van der Waals surface area (Å²) >= 11 is 0. The van der Waals surface area contributed by atoms with Gasteiger partial charge in [-0.1, -0.05) is 46.2 Å². The smallest absolute Gasteiger partial charge is 0.122 e. The molecule has 0 radical (unpaired) electrons. The molecular formula is C16H26O2. The Hall–Kier alpha value is -1.02. The van der Waals surface area contributed by atoms with Crippen molar-refractivity contribution in [3.8, 4) is 5.75 Å². The molecule has 0 heterocycles. The lowest BCUT2D eigenvalue weighted by Gasteiger charge is -2.24. The molecule has 102 valence electrons. The van der Waals surface area contributed by atoms with Crippen molar-refractivity contribution in [3.05, 3.63) is 29.3 Å². The van der Waals surface area contributed by atoms with Gasteiger partial charge in [0.25, 0.3) is 0 Å². The van der Waals surface area contributed by atoms with Crippen molar-refractivity contribution in [2.45, 2.75) is 51.9 Å². The first-order chi connectivity index (χ1) is 8.43. The molecule has 0 aromatic heterocycles. The van der Waals surface area contributed by atoms with E-state index in [1.54, 1.807) is 7.11 Å². The first-order valence-electron chi connectivity index (χ1n) is 6.73. The second-order valence-electron chi connectivity index (χ2n) is 5.87. The highest BCUT2D eigenvalue weighted by Crippen LogP contribution is 2.34. The van der Waals surface area contributed by atoms with E-state index in [1.807, 2.05) is 6.07 Å². The van der Waals surface area contributed by atoms with Crippen LogP contribution in [0.4, 0.5) is 0 Å². The van der Waals surface area contributed by atoms with Crippen LogP contribution in [-0.4, -0.2) is 18.8 Å². The van der Waals surface area contributed by atoms with Gasteiger partial charge in [0.1, 0.15) is 5.75 Å². The van der Waals surface area contributed by atoms with E-state index in [4.69, 9.17) is 4.74 Å². The molecule has 1 atom stereocenters. The molecule has 0 aliphatic rings. The van der Waals surface area contributed by atoms with Gasteiger partial charge in [-0.25, -0.2) is 0 Å². The lowest BCUT2D eigenvalue weighted by molar-refractivity contribution is 0.255. The number of rotatable bonds is 5. The standard InChI is InChI=1S/C16H26O2/c1-6-7-12(11-17)14-10-13(16(2,3)4)8-9-15(14)18-5/h8-10,12,17H,6-7,11H2,1-5H3. The number of methoxy groups -OCH3 is 1. The van der Waals surface area contributed by atoms with Crippen LogP contribution in [0.1, 0.15) is 57.6 Å². The Morgan fingerprint density at radius 2 is 1.94 bits per heavy atom. The van der Waals surface area contributed by atoms with Crippen molar-refractivity contribution in [2.24, 2.45) is 0 Å². The molecule has 0 spiro atoms. The summed E-state index contributed by atoms with van der Waals surface area (Å²) in [7, 11) is 1.69. The summed E-state index contributed by atoms with van der Waals surface area (Å²) < 4.78 is 5.43. The maximum absolute atomic E-state index is 9.57. The topological polar surface area (TPSA) is 29.5 Å². The van der Waals surface area contributed by atoms with E-state index in [0.717, 1.165) is 24.2 Å². The minimum absolute atomic E-state index is 0.118. The van der Waals surface area contributed by atoms with Gasteiger partial charge < -0.3 is 9.84 Å². The van der Waals surface area contributed by atoms with Gasteiger partial charge in [0, 0.05) is 5.92 Å². The average molecular weight is 250 g/mol. The Bertz CT molecular complexity index is 377. The normalized spacial score (nSPS) is 13.4. The zero-order valence-corrected chi connectivity index (χ0v) is 12.3. The molecule has 0 fully saturated rings. The summed E-state index contributed by atoms with van der Waals surface area (Å²) in [5.74, 6) is 1.06. The Morgan fingerprint density at radius 3 is 2.39 bits per heavy atom. The van der Waals surface area contributed by atoms with E-state index in [-0.39, 0.29) is 17.9 Å². The van der Waals surface area contributed by atoms with Crippen molar-refractivity contribution in [1.29, 1.82) is 0 Å². The molecule has 0 saturated heterocycles. The zero-order valence-electron chi connectivity index (χ0n) is 12.3. The average Bonchev–Trinajstić information content (AvgIpc) is 2.34. The summed E-state index contributed by atoms with van der Waals surface area (Å²) in [5, 5.41) is 9.57. The molecule has 1 rings (SSSR count). The van der Waals surface area contributed by atoms with Gasteiger partial charge in [0.05, 0.1) is 13.7 Å². The maximum Gasteiger partial charge on any atom is 0.122 e. The van der Waals surface area contributed by atoms with Crippen LogP contribution >= 0.6 is 0 Å². The third-order valence-corrected chi connectivity index (χ3v) is 3.39. The largest absolute Gasteiger partial charge is 0.496 e. The molecule has 0 aliphatic carbocycles. The predicted octanol–water partition coefficient (Wildman–Crippen LogP) is 3.87. The minimum Gasteiger partial charge on any atom is -0.496 e. The fourth-order valence-corrected chi connectivity index (χ4v) is 2.21. The molecule has 1 unspecified atom stereocenters. The zero-order chi connectivity index (χ0) is 13.8. The summed E-state index contributed by atoms with van der Waals surface area (Å²) in [5.41, 5.74) is 2.54. The van der Waals surface area contributed by atoms with Crippen molar-refractivity contribution in [3.63, 3.8) is 0 Å². The molecule has 0 amide bonds. The van der Waals surface area contributed by atoms with E-state index < -0.39 is 0 Å². The van der Waals surface area contributed by atoms with E-state index in [9.17, 15) is 5.11 Å². The van der Waals surface area contributed by atoms with Crippen molar-refractivity contribution < 1.29 is 9.84 Å². The molecule has 0 aliphatic heterocycles. The molecule has 0 saturated carbocycles. The van der Waals surface area contributed by atoms with E-state index in [0.29, 0.717) is 0 Å². The molecule has 1 N–H and O–H groups in total. The molecule has 18 heavy (non-hydrogen) atoms. The lowest BCUT2D eigenvalue weighted by Crippen LogP contribution is -2.13. The highest BCUT2D eigenvalue weighted by atomic mass is 16.5. The fraction of sp³-hybridized carbons (Fsp3) is 0.625. The van der Waals surface area contributed by atoms with Crippen molar-refractivity contribution in [1.82, 2.24) is 0 Å². The predicted molar refractivity (Wildman–Crippen MR) is 76.4 cm³/mol. The van der Waals surface area contributed by atoms with Crippen LogP contribution in [0.5, 0.6) is 5.75 Å². The number of ether oxygens (including phenoxy) is 1. The monoisotopic (exact) mass is 250 g/mol. The van der Waals surface area contributed by atoms with Crippen LogP contribution in [-0.2, 0) is 5.41 Å². The molecule has 2 nitrogen and oxygen atoms in total. The Morgan fingerprint density at radius 1 is 1.28 bits per heavy atom. The van der Waals surface area contributed by atoms with Gasteiger partial charge in [-0.05, 0) is 29.0 Å². The fourth-order valence-electron chi connectivity index (χ4n) is 2.21. The molecule has 1 aromatic rings. The number of aliphatic hydroxyl groups is 1. The van der Waals surface area contributed by atoms with Crippen LogP contribution in [0.3, 0.4) is 0 Å². The Kier molecular flexibility index (Phi) is 5.21. The van der Waals surface area contributed by atoms with E-state index in [2.05, 4.69) is 39.8 Å². The van der Waals surface area contributed by atoms with Crippen LogP contribution in [0.2, 0.25) is 0 Å². The maximum atomic E-state index is 9.57. The van der Waals surface area contributed by atoms with Crippen LogP contribution in [0, 0.1) is 0 Å². The first kappa shape index (κ1) is 15.0. The van der Waals surface area contributed by atoms with Gasteiger partial charge in [-0.2, -0.15) is 0 Å². The second-order valence-corrected chi connectivity index (χ2v) is 5.87. The summed E-state index contributed by atoms with van der Waals surface area (Å²) in [6, 6.07) is 6.33. The highest BCUT2D eigenvalue weighted by molar-refractivity contribution is 5.42. The van der Waals surface area contributed by atoms with Crippen LogP contribution < -0.4 is 4.74 Å². The van der Waals surface area contributed by atoms with Gasteiger partial charge in [-0.15, -0.1) is 0 Å². The first-order valence-corrected chi connectivity index (χ1v) is 6.73. The third kappa shape index (κ3) is 3.49. The van der Waals surface area contributed by atoms with Crippen LogP contribution in [0.15, 0.2) is 18.2 Å². The SMILES string of the molecule is CCCC(CO)c1cc(C(C)(C)C)ccc1OC. The van der Waals surface area contributed by atoms with E-state index in [1.165, 1.54) is 5.56 Å². The second kappa shape index (κ2) is 6.24. The quantitative estimate of drug-likeness (QED) is 0.859. The Balaban J connectivity index is 3.20. The summed E-state index contributed by atoms with van der Waals surface area (Å²) in [6.45, 7) is 8.92. The summed E-state index contributed by atoms with van der Waals surface area (Å²) in [6.07, 6.45) is 2.05. The molecular weight excluding hydrogens is 224 g/mol. The number of hydrogen-bond acceptors (Lipinski definition) is 2. The highest BCUT2D eigenvalue weighted by Gasteiger charge is 2.20. The lowest BCUT2D eigenvalue weighted by atomic mass is 9.83. The van der Waals surface area contributed by atoms with Gasteiger partial charge in [-0.3, -0.25) is 0 Å². The van der Waals surface area contributed by atoms with Gasteiger partial charge in [0.15, 0.2) is 0 Å². The molecule has 2 heteroatoms. The molecule has 1 aromatic carbocycles. The van der Waals surface area contributed by atoms with Crippen molar-refractivity contribution >= 4 is 0 Å². The number of aliphatic hydroxyl groups excluding tert-OH is 1.